The predicted octanol–water partition coefficient (Wildman–Crippen LogP) is 3.53. The lowest BCUT2D eigenvalue weighted by Gasteiger charge is -2.02. The minimum atomic E-state index is 0.477. The molecule has 2 heterocycles. The molecule has 1 aromatic carbocycles. The molecular formula is C15H10ClN3O. The van der Waals surface area contributed by atoms with Gasteiger partial charge in [0, 0.05) is 22.8 Å². The summed E-state index contributed by atoms with van der Waals surface area (Å²) in [6.07, 6.45) is 1.74. The van der Waals surface area contributed by atoms with Gasteiger partial charge in [0.25, 0.3) is 0 Å². The Hall–Kier alpha value is -2.51. The third kappa shape index (κ3) is 1.98. The first-order chi connectivity index (χ1) is 9.72. The fourth-order valence-corrected chi connectivity index (χ4v) is 2.25. The second kappa shape index (κ2) is 4.87. The molecule has 0 bridgehead atoms. The van der Waals surface area contributed by atoms with Crippen LogP contribution in [-0.4, -0.2) is 16.5 Å². The number of benzene rings is 1. The van der Waals surface area contributed by atoms with Crippen molar-refractivity contribution in [3.63, 3.8) is 0 Å². The van der Waals surface area contributed by atoms with E-state index in [1.165, 1.54) is 0 Å². The number of rotatable bonds is 2. The van der Waals surface area contributed by atoms with Crippen LogP contribution in [0.4, 0.5) is 0 Å². The maximum Gasteiger partial charge on any atom is 0.152 e. The number of pyridine rings is 1. The molecule has 3 rings (SSSR count). The van der Waals surface area contributed by atoms with Crippen molar-refractivity contribution >= 4 is 17.2 Å². The zero-order chi connectivity index (χ0) is 14.1. The van der Waals surface area contributed by atoms with Crippen LogP contribution >= 0.6 is 11.6 Å². The number of nitrogens with zero attached hydrogens (tertiary/aromatic N) is 3. The van der Waals surface area contributed by atoms with Gasteiger partial charge in [-0.2, -0.15) is 5.26 Å². The van der Waals surface area contributed by atoms with Crippen molar-refractivity contribution in [2.75, 3.05) is 7.11 Å². The van der Waals surface area contributed by atoms with Gasteiger partial charge in [0.15, 0.2) is 5.69 Å². The molecule has 20 heavy (non-hydrogen) atoms. The molecule has 0 saturated carbocycles. The van der Waals surface area contributed by atoms with Gasteiger partial charge in [-0.1, -0.05) is 23.7 Å². The summed E-state index contributed by atoms with van der Waals surface area (Å²) in [7, 11) is 1.60. The van der Waals surface area contributed by atoms with E-state index in [-0.39, 0.29) is 0 Å². The van der Waals surface area contributed by atoms with E-state index in [0.717, 1.165) is 11.3 Å². The fourth-order valence-electron chi connectivity index (χ4n) is 2.10. The van der Waals surface area contributed by atoms with Gasteiger partial charge in [-0.15, -0.1) is 0 Å². The molecule has 0 amide bonds. The van der Waals surface area contributed by atoms with Gasteiger partial charge in [-0.3, -0.25) is 4.40 Å². The van der Waals surface area contributed by atoms with Gasteiger partial charge >= 0.3 is 0 Å². The average Bonchev–Trinajstić information content (AvgIpc) is 2.84. The van der Waals surface area contributed by atoms with E-state index < -0.39 is 0 Å². The molecule has 0 spiro atoms. The number of halogens is 1. The van der Waals surface area contributed by atoms with Crippen LogP contribution in [-0.2, 0) is 0 Å². The number of methoxy groups -OCH3 is 1. The topological polar surface area (TPSA) is 50.3 Å². The van der Waals surface area contributed by atoms with Crippen LogP contribution in [0.1, 0.15) is 5.69 Å². The van der Waals surface area contributed by atoms with E-state index in [1.807, 2.05) is 24.3 Å². The highest BCUT2D eigenvalue weighted by atomic mass is 35.5. The zero-order valence-corrected chi connectivity index (χ0v) is 11.4. The highest BCUT2D eigenvalue weighted by Gasteiger charge is 2.14. The van der Waals surface area contributed by atoms with E-state index in [1.54, 1.807) is 29.8 Å². The summed E-state index contributed by atoms with van der Waals surface area (Å²) in [4.78, 5) is 4.49. The van der Waals surface area contributed by atoms with Crippen molar-refractivity contribution in [1.82, 2.24) is 9.38 Å². The molecule has 0 radical (unpaired) electrons. The molecule has 0 aliphatic heterocycles. The largest absolute Gasteiger partial charge is 0.497 e. The summed E-state index contributed by atoms with van der Waals surface area (Å²) in [6.45, 7) is 0. The first-order valence-corrected chi connectivity index (χ1v) is 6.33. The van der Waals surface area contributed by atoms with E-state index in [0.29, 0.717) is 22.1 Å². The molecule has 98 valence electrons. The van der Waals surface area contributed by atoms with Crippen LogP contribution in [0, 0.1) is 11.3 Å². The molecule has 4 nitrogen and oxygen atoms in total. The van der Waals surface area contributed by atoms with Crippen LogP contribution in [0.2, 0.25) is 5.02 Å². The Morgan fingerprint density at radius 3 is 2.90 bits per heavy atom. The molecule has 5 heteroatoms. The highest BCUT2D eigenvalue weighted by molar-refractivity contribution is 6.30. The molecule has 3 aromatic rings. The monoisotopic (exact) mass is 283 g/mol. The maximum atomic E-state index is 9.39. The highest BCUT2D eigenvalue weighted by Crippen LogP contribution is 2.27. The Balaban J connectivity index is 2.27. The number of hydrogen-bond acceptors (Lipinski definition) is 3. The van der Waals surface area contributed by atoms with E-state index in [4.69, 9.17) is 16.3 Å². The van der Waals surface area contributed by atoms with Crippen LogP contribution in [0.5, 0.6) is 5.75 Å². The van der Waals surface area contributed by atoms with Crippen LogP contribution < -0.4 is 4.74 Å². The molecule has 0 unspecified atom stereocenters. The molecule has 2 aromatic heterocycles. The van der Waals surface area contributed by atoms with Gasteiger partial charge in [0.1, 0.15) is 23.2 Å². The SMILES string of the molecule is COc1cccc(-c2nc3cc(Cl)ccn3c2C#N)c1. The van der Waals surface area contributed by atoms with Crippen LogP contribution in [0.25, 0.3) is 16.9 Å². The van der Waals surface area contributed by atoms with Gasteiger partial charge in [0.05, 0.1) is 7.11 Å². The lowest BCUT2D eigenvalue weighted by Crippen LogP contribution is -1.89. The Labute approximate surface area is 120 Å². The third-order valence-electron chi connectivity index (χ3n) is 3.04. The van der Waals surface area contributed by atoms with E-state index in [9.17, 15) is 5.26 Å². The molecular weight excluding hydrogens is 274 g/mol. The number of fused-ring (bicyclic) bond motifs is 1. The van der Waals surface area contributed by atoms with Crippen molar-refractivity contribution in [2.45, 2.75) is 0 Å². The van der Waals surface area contributed by atoms with E-state index >= 15 is 0 Å². The second-order valence-corrected chi connectivity index (χ2v) is 4.66. The summed E-state index contributed by atoms with van der Waals surface area (Å²) in [6, 6.07) is 13.1. The predicted molar refractivity (Wildman–Crippen MR) is 76.9 cm³/mol. The smallest absolute Gasteiger partial charge is 0.152 e. The first kappa shape index (κ1) is 12.5. The Morgan fingerprint density at radius 2 is 2.15 bits per heavy atom. The fraction of sp³-hybridized carbons (Fsp3) is 0.0667. The lowest BCUT2D eigenvalue weighted by atomic mass is 10.1. The van der Waals surface area contributed by atoms with Crippen molar-refractivity contribution in [1.29, 1.82) is 5.26 Å². The minimum Gasteiger partial charge on any atom is -0.497 e. The standard InChI is InChI=1S/C15H10ClN3O/c1-20-12-4-2-3-10(7-12)15-13(9-17)19-6-5-11(16)8-14(19)18-15/h2-8H,1H3. The normalized spacial score (nSPS) is 10.4. The molecule has 0 aliphatic carbocycles. The number of aromatic nitrogens is 2. The summed E-state index contributed by atoms with van der Waals surface area (Å²) in [5.41, 5.74) is 2.58. The van der Waals surface area contributed by atoms with Gasteiger partial charge in [-0.05, 0) is 18.2 Å². The van der Waals surface area contributed by atoms with Gasteiger partial charge in [-0.25, -0.2) is 4.98 Å². The summed E-state index contributed by atoms with van der Waals surface area (Å²) < 4.78 is 6.93. The Morgan fingerprint density at radius 1 is 1.30 bits per heavy atom. The molecule has 0 fully saturated rings. The van der Waals surface area contributed by atoms with Gasteiger partial charge in [0.2, 0.25) is 0 Å². The summed E-state index contributed by atoms with van der Waals surface area (Å²) >= 11 is 5.96. The molecule has 0 saturated heterocycles. The van der Waals surface area contributed by atoms with Crippen molar-refractivity contribution in [2.24, 2.45) is 0 Å². The molecule has 0 atom stereocenters. The average molecular weight is 284 g/mol. The third-order valence-corrected chi connectivity index (χ3v) is 3.27. The number of nitriles is 1. The second-order valence-electron chi connectivity index (χ2n) is 4.23. The number of ether oxygens (including phenoxy) is 1. The number of hydrogen-bond donors (Lipinski definition) is 0. The van der Waals surface area contributed by atoms with Crippen molar-refractivity contribution < 1.29 is 4.74 Å². The summed E-state index contributed by atoms with van der Waals surface area (Å²) in [5.74, 6) is 0.724. The molecule has 0 aliphatic rings. The Bertz CT molecular complexity index is 833. The van der Waals surface area contributed by atoms with E-state index in [2.05, 4.69) is 11.1 Å². The number of imidazole rings is 1. The van der Waals surface area contributed by atoms with Crippen LogP contribution in [0.3, 0.4) is 0 Å². The maximum absolute atomic E-state index is 9.39. The van der Waals surface area contributed by atoms with Crippen molar-refractivity contribution in [3.05, 3.63) is 53.3 Å². The molecule has 0 N–H and O–H groups in total. The lowest BCUT2D eigenvalue weighted by molar-refractivity contribution is 0.415. The van der Waals surface area contributed by atoms with Crippen LogP contribution in [0.15, 0.2) is 42.6 Å². The van der Waals surface area contributed by atoms with Gasteiger partial charge < -0.3 is 4.74 Å². The quantitative estimate of drug-likeness (QED) is 0.723. The zero-order valence-electron chi connectivity index (χ0n) is 10.7. The van der Waals surface area contributed by atoms with Crippen molar-refractivity contribution in [3.8, 4) is 23.1 Å². The first-order valence-electron chi connectivity index (χ1n) is 5.95. The summed E-state index contributed by atoms with van der Waals surface area (Å²) in [5, 5.41) is 9.97. The Kier molecular flexibility index (Phi) is 3.05. The minimum absolute atomic E-state index is 0.477.